The fourth-order valence-electron chi connectivity index (χ4n) is 6.43. The van der Waals surface area contributed by atoms with E-state index in [-0.39, 0.29) is 11.5 Å². The quantitative estimate of drug-likeness (QED) is 0.324. The molecule has 0 unspecified atom stereocenters. The number of aromatic nitrogens is 2. The Balaban J connectivity index is 1.58. The van der Waals surface area contributed by atoms with Crippen LogP contribution in [0.1, 0.15) is 90.8 Å². The second kappa shape index (κ2) is 12.9. The number of hydrogen-bond donors (Lipinski definition) is 3. The van der Waals surface area contributed by atoms with Gasteiger partial charge in [0, 0.05) is 23.6 Å². The summed E-state index contributed by atoms with van der Waals surface area (Å²) in [5.41, 5.74) is 8.71. The number of nitrogens with zero attached hydrogens (tertiary/aromatic N) is 2. The van der Waals surface area contributed by atoms with Crippen LogP contribution in [0.4, 0.5) is 4.39 Å². The summed E-state index contributed by atoms with van der Waals surface area (Å²) in [7, 11) is 0. The number of amides is 3. The Kier molecular flexibility index (Phi) is 9.47. The van der Waals surface area contributed by atoms with Gasteiger partial charge in [-0.1, -0.05) is 32.0 Å². The van der Waals surface area contributed by atoms with Crippen LogP contribution in [-0.4, -0.2) is 44.9 Å². The molecule has 1 aromatic heterocycles. The molecule has 0 radical (unpaired) electrons. The minimum absolute atomic E-state index is 0.262. The fraction of sp³-hybridized carbons (Fsp3) is 0.424. The summed E-state index contributed by atoms with van der Waals surface area (Å²) in [4.78, 5) is 54.1. The monoisotopic (exact) mass is 589 g/mol. The molecule has 10 heteroatoms. The van der Waals surface area contributed by atoms with Gasteiger partial charge in [-0.25, -0.2) is 9.49 Å². The van der Waals surface area contributed by atoms with Crippen molar-refractivity contribution in [2.45, 2.75) is 84.8 Å². The lowest BCUT2D eigenvalue weighted by Gasteiger charge is -2.42. The molecular formula is C33H40FN5O4. The lowest BCUT2D eigenvalue weighted by Crippen LogP contribution is -2.57. The molecule has 1 saturated heterocycles. The number of nitrogens with one attached hydrogen (secondary N) is 2. The zero-order valence-electron chi connectivity index (χ0n) is 25.4. The molecule has 3 amide bonds. The van der Waals surface area contributed by atoms with Crippen LogP contribution in [0.25, 0.3) is 0 Å². The van der Waals surface area contributed by atoms with E-state index in [2.05, 4.69) is 15.5 Å². The first kappa shape index (κ1) is 31.6. The summed E-state index contributed by atoms with van der Waals surface area (Å²) < 4.78 is 14.2. The maximum absolute atomic E-state index is 14.2. The number of benzene rings is 2. The van der Waals surface area contributed by atoms with Crippen LogP contribution in [-0.2, 0) is 16.0 Å². The molecule has 9 nitrogen and oxygen atoms in total. The van der Waals surface area contributed by atoms with Crippen molar-refractivity contribution in [3.05, 3.63) is 98.2 Å². The molecule has 4 N–H and O–H groups in total. The van der Waals surface area contributed by atoms with Crippen molar-refractivity contribution in [1.29, 1.82) is 0 Å². The number of likely N-dealkylation sites (tertiary alicyclic amines) is 1. The van der Waals surface area contributed by atoms with E-state index in [1.165, 1.54) is 12.1 Å². The van der Waals surface area contributed by atoms with E-state index >= 15 is 0 Å². The molecule has 0 bridgehead atoms. The molecule has 228 valence electrons. The minimum atomic E-state index is -0.955. The van der Waals surface area contributed by atoms with Gasteiger partial charge in [0.25, 0.3) is 11.5 Å². The molecular weight excluding hydrogens is 549 g/mol. The summed E-state index contributed by atoms with van der Waals surface area (Å²) in [6.45, 7) is 9.04. The molecule has 0 aliphatic carbocycles. The second-order valence-electron chi connectivity index (χ2n) is 11.5. The van der Waals surface area contributed by atoms with Gasteiger partial charge in [-0.2, -0.15) is 5.10 Å². The Labute approximate surface area is 251 Å². The molecule has 3 atom stereocenters. The average molecular weight is 590 g/mol. The van der Waals surface area contributed by atoms with Crippen molar-refractivity contribution >= 4 is 17.7 Å². The highest BCUT2D eigenvalue weighted by Crippen LogP contribution is 2.46. The first-order valence-electron chi connectivity index (χ1n) is 14.7. The number of halogens is 1. The zero-order valence-corrected chi connectivity index (χ0v) is 25.4. The summed E-state index contributed by atoms with van der Waals surface area (Å²) in [5, 5.41) is 9.22. The molecule has 3 aromatic rings. The second-order valence-corrected chi connectivity index (χ2v) is 11.5. The van der Waals surface area contributed by atoms with Gasteiger partial charge in [-0.15, -0.1) is 0 Å². The van der Waals surface area contributed by atoms with Gasteiger partial charge in [-0.05, 0) is 93.5 Å². The molecule has 1 aliphatic heterocycles. The maximum atomic E-state index is 14.2. The number of hydrogen-bond acceptors (Lipinski definition) is 5. The Bertz CT molecular complexity index is 1580. The van der Waals surface area contributed by atoms with E-state index in [1.54, 1.807) is 55.1 Å². The van der Waals surface area contributed by atoms with Gasteiger partial charge in [0.2, 0.25) is 11.8 Å². The number of carbonyl (C=O) groups excluding carboxylic acids is 3. The molecule has 0 saturated carbocycles. The van der Waals surface area contributed by atoms with Gasteiger partial charge in [0.1, 0.15) is 11.9 Å². The van der Waals surface area contributed by atoms with Crippen molar-refractivity contribution < 1.29 is 18.8 Å². The molecule has 2 heterocycles. The molecule has 1 fully saturated rings. The topological polar surface area (TPSA) is 138 Å². The number of aromatic amines is 1. The van der Waals surface area contributed by atoms with Gasteiger partial charge in [-0.3, -0.25) is 19.2 Å². The predicted octanol–water partition coefficient (Wildman–Crippen LogP) is 4.26. The first-order valence-corrected chi connectivity index (χ1v) is 14.7. The molecule has 0 spiro atoms. The lowest BCUT2D eigenvalue weighted by atomic mass is 9.73. The number of carbonyl (C=O) groups is 3. The largest absolute Gasteiger partial charge is 0.369 e. The van der Waals surface area contributed by atoms with E-state index in [0.717, 1.165) is 11.1 Å². The predicted molar refractivity (Wildman–Crippen MR) is 162 cm³/mol. The van der Waals surface area contributed by atoms with Crippen LogP contribution in [0.2, 0.25) is 0 Å². The summed E-state index contributed by atoms with van der Waals surface area (Å²) in [6.07, 6.45) is 2.34. The minimum Gasteiger partial charge on any atom is -0.369 e. The highest BCUT2D eigenvalue weighted by atomic mass is 19.1. The third-order valence-electron chi connectivity index (χ3n) is 8.98. The zero-order chi connectivity index (χ0) is 31.5. The van der Waals surface area contributed by atoms with E-state index < -0.39 is 41.2 Å². The highest BCUT2D eigenvalue weighted by Gasteiger charge is 2.51. The van der Waals surface area contributed by atoms with Crippen molar-refractivity contribution in [1.82, 2.24) is 20.4 Å². The van der Waals surface area contributed by atoms with Crippen molar-refractivity contribution in [3.63, 3.8) is 0 Å². The van der Waals surface area contributed by atoms with Crippen molar-refractivity contribution in [2.75, 3.05) is 0 Å². The average Bonchev–Trinajstić information content (AvgIpc) is 3.41. The Morgan fingerprint density at radius 3 is 2.44 bits per heavy atom. The molecule has 2 aromatic carbocycles. The summed E-state index contributed by atoms with van der Waals surface area (Å²) >= 11 is 0. The Morgan fingerprint density at radius 1 is 1.09 bits per heavy atom. The molecule has 4 rings (SSSR count). The molecule has 1 aliphatic rings. The SMILES string of the molecule is CCC(CC)(C(N)=O)[C@H]1CC[C@@H](c2cccc(F)c2)N1C(=O)[C@@H](C)NC(=O)c1ccc(Cc2cc(C)n[nH]c2=O)c(C)c1. The summed E-state index contributed by atoms with van der Waals surface area (Å²) in [5.74, 6) is -1.68. The Hall–Kier alpha value is -4.34. The standard InChI is InChI=1S/C33H40FN5O4/c1-6-33(7-2,32(35)43)28-14-13-27(23-9-8-10-26(34)18-23)39(28)31(42)21(5)36-29(40)24-12-11-22(19(3)15-24)17-25-16-20(4)37-38-30(25)41/h8-12,15-16,18,21,27-28H,6-7,13-14,17H2,1-5H3,(H2,35,43)(H,36,40)(H,38,41)/t21-,27+,28-/m1/s1. The lowest BCUT2D eigenvalue weighted by molar-refractivity contribution is -0.143. The van der Waals surface area contributed by atoms with Crippen LogP contribution in [0, 0.1) is 25.1 Å². The number of aryl methyl sites for hydroxylation is 2. The fourth-order valence-corrected chi connectivity index (χ4v) is 6.43. The van der Waals surface area contributed by atoms with E-state index in [4.69, 9.17) is 5.73 Å². The van der Waals surface area contributed by atoms with E-state index in [1.807, 2.05) is 20.8 Å². The van der Waals surface area contributed by atoms with Crippen molar-refractivity contribution in [3.8, 4) is 0 Å². The number of H-pyrrole nitrogens is 1. The highest BCUT2D eigenvalue weighted by molar-refractivity contribution is 5.98. The van der Waals surface area contributed by atoms with Gasteiger partial charge in [0.15, 0.2) is 0 Å². The van der Waals surface area contributed by atoms with Gasteiger partial charge >= 0.3 is 0 Å². The van der Waals surface area contributed by atoms with Crippen LogP contribution in [0.15, 0.2) is 53.3 Å². The van der Waals surface area contributed by atoms with Crippen LogP contribution < -0.4 is 16.6 Å². The van der Waals surface area contributed by atoms with E-state index in [0.29, 0.717) is 54.5 Å². The van der Waals surface area contributed by atoms with Gasteiger partial charge in [0.05, 0.1) is 17.2 Å². The number of primary amides is 1. The van der Waals surface area contributed by atoms with Crippen LogP contribution >= 0.6 is 0 Å². The normalized spacial score (nSPS) is 17.5. The smallest absolute Gasteiger partial charge is 0.267 e. The maximum Gasteiger partial charge on any atom is 0.267 e. The number of rotatable bonds is 10. The summed E-state index contributed by atoms with van der Waals surface area (Å²) in [6, 6.07) is 11.2. The molecule has 43 heavy (non-hydrogen) atoms. The number of nitrogens with two attached hydrogens (primary N) is 1. The third-order valence-corrected chi connectivity index (χ3v) is 8.98. The van der Waals surface area contributed by atoms with Gasteiger partial charge < -0.3 is 16.0 Å². The van der Waals surface area contributed by atoms with Crippen molar-refractivity contribution in [2.24, 2.45) is 11.1 Å². The Morgan fingerprint density at radius 2 is 1.81 bits per heavy atom. The third kappa shape index (κ3) is 6.38. The van der Waals surface area contributed by atoms with Crippen LogP contribution in [0.3, 0.4) is 0 Å². The van der Waals surface area contributed by atoms with Crippen LogP contribution in [0.5, 0.6) is 0 Å². The first-order chi connectivity index (χ1) is 20.4. The van der Waals surface area contributed by atoms with E-state index in [9.17, 15) is 23.6 Å².